The molecule has 2 aromatic rings. The number of nitrogens with zero attached hydrogens (tertiary/aromatic N) is 1. The monoisotopic (exact) mass is 423 g/mol. The molecule has 1 heterocycles. The van der Waals surface area contributed by atoms with Crippen LogP contribution in [0.25, 0.3) is 0 Å². The molecule has 1 saturated heterocycles. The van der Waals surface area contributed by atoms with Crippen molar-refractivity contribution in [3.05, 3.63) is 71.3 Å². The van der Waals surface area contributed by atoms with Crippen molar-refractivity contribution in [1.29, 1.82) is 0 Å². The van der Waals surface area contributed by atoms with Gasteiger partial charge in [0.1, 0.15) is 11.6 Å². The Labute approximate surface area is 183 Å². The number of hydrogen-bond donors (Lipinski definition) is 3. The van der Waals surface area contributed by atoms with E-state index < -0.39 is 23.4 Å². The predicted molar refractivity (Wildman–Crippen MR) is 118 cm³/mol. The first kappa shape index (κ1) is 22.5. The van der Waals surface area contributed by atoms with Crippen LogP contribution in [0.4, 0.5) is 4.79 Å². The van der Waals surface area contributed by atoms with E-state index in [1.807, 2.05) is 11.4 Å². The third kappa shape index (κ3) is 4.77. The van der Waals surface area contributed by atoms with Crippen molar-refractivity contribution >= 4 is 17.8 Å². The molecule has 1 aliphatic rings. The predicted octanol–water partition coefficient (Wildman–Crippen LogP) is 2.01. The molecule has 7 heteroatoms. The van der Waals surface area contributed by atoms with Gasteiger partial charge in [-0.25, -0.2) is 4.79 Å². The molecular weight excluding hydrogens is 392 g/mol. The average molecular weight is 424 g/mol. The van der Waals surface area contributed by atoms with Crippen LogP contribution >= 0.6 is 0 Å². The van der Waals surface area contributed by atoms with E-state index in [1.165, 1.54) is 5.56 Å². The van der Waals surface area contributed by atoms with Crippen molar-refractivity contribution < 1.29 is 19.7 Å². The summed E-state index contributed by atoms with van der Waals surface area (Å²) >= 11 is 0. The van der Waals surface area contributed by atoms with Gasteiger partial charge in [-0.3, -0.25) is 15.0 Å². The number of hydrazine groups is 1. The van der Waals surface area contributed by atoms with Gasteiger partial charge in [-0.15, -0.1) is 0 Å². The Hall–Kier alpha value is -3.19. The second-order valence-corrected chi connectivity index (χ2v) is 8.40. The molecule has 0 saturated carbocycles. The third-order valence-corrected chi connectivity index (χ3v) is 5.83. The molecule has 4 N–H and O–H groups in total. The number of aryl methyl sites for hydroxylation is 1. The summed E-state index contributed by atoms with van der Waals surface area (Å²) in [6, 6.07) is 16.8. The first-order chi connectivity index (χ1) is 14.8. The Bertz CT molecular complexity index is 943. The van der Waals surface area contributed by atoms with Crippen LogP contribution in [-0.4, -0.2) is 29.4 Å². The summed E-state index contributed by atoms with van der Waals surface area (Å²) in [5.74, 6) is -0.609. The number of urea groups is 1. The van der Waals surface area contributed by atoms with Crippen LogP contribution in [0.5, 0.6) is 0 Å². The molecule has 164 valence electrons. The number of imide groups is 1. The molecular formula is C24H31N4O3+. The summed E-state index contributed by atoms with van der Waals surface area (Å²) in [6.45, 7) is 8.06. The minimum absolute atomic E-state index is 0.0920. The highest BCUT2D eigenvalue weighted by atomic mass is 16.2. The quantitative estimate of drug-likeness (QED) is 0.567. The van der Waals surface area contributed by atoms with E-state index in [2.05, 4.69) is 55.8 Å². The van der Waals surface area contributed by atoms with Crippen molar-refractivity contribution in [3.8, 4) is 0 Å². The van der Waals surface area contributed by atoms with Crippen molar-refractivity contribution in [1.82, 2.24) is 15.8 Å². The van der Waals surface area contributed by atoms with E-state index in [0.717, 1.165) is 17.0 Å². The molecule has 2 aromatic carbocycles. The average Bonchev–Trinajstić information content (AvgIpc) is 2.98. The molecule has 31 heavy (non-hydrogen) atoms. The number of amides is 4. The lowest BCUT2D eigenvalue weighted by Crippen LogP contribution is -2.88. The number of carbonyl (C=O) groups excluding carboxylic acids is 3. The smallest absolute Gasteiger partial charge is 0.332 e. The number of nitrogens with one attached hydrogen (secondary N) is 2. The Kier molecular flexibility index (Phi) is 6.75. The molecule has 4 amide bonds. The lowest BCUT2D eigenvalue weighted by Gasteiger charge is -2.22. The highest BCUT2D eigenvalue weighted by molar-refractivity contribution is 6.08. The van der Waals surface area contributed by atoms with Gasteiger partial charge in [0.2, 0.25) is 0 Å². The SMILES string of the molecule is CCc1ccc([C@@H]([NH2+]CC(=O)NN2C(=O)N[C@@](C)(c3ccccc3)C2=O)C(C)C)cc1. The molecule has 0 spiro atoms. The van der Waals surface area contributed by atoms with Gasteiger partial charge >= 0.3 is 6.03 Å². The number of hydrogen-bond acceptors (Lipinski definition) is 3. The maximum Gasteiger partial charge on any atom is 0.344 e. The molecule has 1 fully saturated rings. The van der Waals surface area contributed by atoms with Gasteiger partial charge in [0.25, 0.3) is 11.8 Å². The van der Waals surface area contributed by atoms with Crippen LogP contribution < -0.4 is 16.1 Å². The number of carbonyl (C=O) groups is 3. The van der Waals surface area contributed by atoms with E-state index in [4.69, 9.17) is 0 Å². The van der Waals surface area contributed by atoms with Crippen molar-refractivity contribution in [2.45, 2.75) is 45.7 Å². The van der Waals surface area contributed by atoms with Crippen LogP contribution in [0, 0.1) is 5.92 Å². The van der Waals surface area contributed by atoms with Gasteiger partial charge in [-0.05, 0) is 24.5 Å². The normalized spacial score (nSPS) is 19.5. The van der Waals surface area contributed by atoms with Crippen molar-refractivity contribution in [2.75, 3.05) is 6.54 Å². The van der Waals surface area contributed by atoms with Crippen LogP contribution in [0.2, 0.25) is 0 Å². The zero-order chi connectivity index (χ0) is 22.6. The maximum absolute atomic E-state index is 12.9. The third-order valence-electron chi connectivity index (χ3n) is 5.83. The lowest BCUT2D eigenvalue weighted by atomic mass is 9.92. The summed E-state index contributed by atoms with van der Waals surface area (Å²) in [7, 11) is 0. The molecule has 1 aliphatic heterocycles. The van der Waals surface area contributed by atoms with E-state index in [9.17, 15) is 14.4 Å². The standard InChI is InChI=1S/C24H30N4O3/c1-5-17-11-13-18(14-12-17)21(16(2)3)25-15-20(29)27-28-22(30)24(4,26-23(28)31)19-9-7-6-8-10-19/h6-14,16,21,25H,5,15H2,1-4H3,(H,26,31)(H,27,29)/p+1/t21-,24-/m0/s1. The number of quaternary nitrogens is 1. The largest absolute Gasteiger partial charge is 0.344 e. The summed E-state index contributed by atoms with van der Waals surface area (Å²) in [6.07, 6.45) is 0.979. The highest BCUT2D eigenvalue weighted by Gasteiger charge is 2.50. The first-order valence-corrected chi connectivity index (χ1v) is 10.7. The maximum atomic E-state index is 12.9. The van der Waals surface area contributed by atoms with Gasteiger partial charge in [0, 0.05) is 11.5 Å². The molecule has 7 nitrogen and oxygen atoms in total. The Morgan fingerprint density at radius 1 is 1.10 bits per heavy atom. The summed E-state index contributed by atoms with van der Waals surface area (Å²) in [5.41, 5.74) is 4.33. The van der Waals surface area contributed by atoms with Gasteiger partial charge in [0.15, 0.2) is 6.54 Å². The van der Waals surface area contributed by atoms with Crippen molar-refractivity contribution in [2.24, 2.45) is 5.92 Å². The van der Waals surface area contributed by atoms with Gasteiger partial charge in [0.05, 0.1) is 0 Å². The number of nitrogens with two attached hydrogens (primary N) is 1. The fourth-order valence-electron chi connectivity index (χ4n) is 3.88. The van der Waals surface area contributed by atoms with Gasteiger partial charge in [-0.1, -0.05) is 75.4 Å². The topological polar surface area (TPSA) is 95.1 Å². The zero-order valence-corrected chi connectivity index (χ0v) is 18.5. The summed E-state index contributed by atoms with van der Waals surface area (Å²) in [4.78, 5) is 37.9. The molecule has 3 rings (SSSR count). The van der Waals surface area contributed by atoms with E-state index in [1.54, 1.807) is 31.2 Å². The fourth-order valence-corrected chi connectivity index (χ4v) is 3.88. The van der Waals surface area contributed by atoms with Crippen molar-refractivity contribution in [3.63, 3.8) is 0 Å². The molecule has 2 atom stereocenters. The van der Waals surface area contributed by atoms with E-state index in [0.29, 0.717) is 11.5 Å². The lowest BCUT2D eigenvalue weighted by molar-refractivity contribution is -0.692. The zero-order valence-electron chi connectivity index (χ0n) is 18.5. The first-order valence-electron chi connectivity index (χ1n) is 10.7. The Morgan fingerprint density at radius 3 is 2.32 bits per heavy atom. The Morgan fingerprint density at radius 2 is 1.74 bits per heavy atom. The van der Waals surface area contributed by atoms with Crippen LogP contribution in [0.1, 0.15) is 50.4 Å². The van der Waals surface area contributed by atoms with E-state index >= 15 is 0 Å². The summed E-state index contributed by atoms with van der Waals surface area (Å²) < 4.78 is 0. The molecule has 0 unspecified atom stereocenters. The second-order valence-electron chi connectivity index (χ2n) is 8.40. The second kappa shape index (κ2) is 9.31. The van der Waals surface area contributed by atoms with E-state index in [-0.39, 0.29) is 12.6 Å². The molecule has 0 bridgehead atoms. The number of rotatable bonds is 8. The minimum atomic E-state index is -1.21. The van der Waals surface area contributed by atoms with Crippen LogP contribution in [-0.2, 0) is 21.5 Å². The minimum Gasteiger partial charge on any atom is -0.332 e. The van der Waals surface area contributed by atoms with Crippen LogP contribution in [0.15, 0.2) is 54.6 Å². The van der Waals surface area contributed by atoms with Crippen LogP contribution in [0.3, 0.4) is 0 Å². The van der Waals surface area contributed by atoms with Gasteiger partial charge in [-0.2, -0.15) is 5.01 Å². The molecule has 0 aromatic heterocycles. The molecule has 0 aliphatic carbocycles. The fraction of sp³-hybridized carbons (Fsp3) is 0.375. The Balaban J connectivity index is 1.64. The highest BCUT2D eigenvalue weighted by Crippen LogP contribution is 2.27. The molecule has 0 radical (unpaired) electrons. The van der Waals surface area contributed by atoms with Gasteiger partial charge < -0.3 is 10.6 Å². The number of benzene rings is 2. The summed E-state index contributed by atoms with van der Waals surface area (Å²) in [5, 5.41) is 5.41.